The maximum absolute atomic E-state index is 14.9. The van der Waals surface area contributed by atoms with Crippen LogP contribution >= 0.6 is 0 Å². The van der Waals surface area contributed by atoms with Gasteiger partial charge in [-0.2, -0.15) is 9.37 Å². The minimum atomic E-state index is -0.772. The summed E-state index contributed by atoms with van der Waals surface area (Å²) in [6.07, 6.45) is 1.67. The molecule has 7 nitrogen and oxygen atoms in total. The first kappa shape index (κ1) is 23.0. The lowest BCUT2D eigenvalue weighted by molar-refractivity contribution is 0.170. The SMILES string of the molecule is Cc1cn(-c2nc(-c3ccc(N4C[C@@H](C)N(C)[C@@H](C)C4)cc3)c(F)nc2N)c(=O)c2ccccc12. The van der Waals surface area contributed by atoms with E-state index in [9.17, 15) is 9.18 Å². The lowest BCUT2D eigenvalue weighted by Gasteiger charge is -2.43. The van der Waals surface area contributed by atoms with Gasteiger partial charge in [-0.15, -0.1) is 0 Å². The van der Waals surface area contributed by atoms with Gasteiger partial charge in [0, 0.05) is 48.0 Å². The van der Waals surface area contributed by atoms with Crippen molar-refractivity contribution in [3.8, 4) is 17.1 Å². The molecule has 35 heavy (non-hydrogen) atoms. The molecular weight excluding hydrogens is 443 g/mol. The number of pyridine rings is 1. The summed E-state index contributed by atoms with van der Waals surface area (Å²) in [5, 5.41) is 1.39. The van der Waals surface area contributed by atoms with Crippen LogP contribution in [0.15, 0.2) is 59.5 Å². The number of nitrogens with two attached hydrogens (primary N) is 1. The van der Waals surface area contributed by atoms with E-state index in [0.717, 1.165) is 29.7 Å². The molecule has 5 rings (SSSR count). The summed E-state index contributed by atoms with van der Waals surface area (Å²) in [7, 11) is 2.15. The van der Waals surface area contributed by atoms with Gasteiger partial charge >= 0.3 is 0 Å². The molecule has 1 saturated heterocycles. The molecule has 0 aliphatic carbocycles. The van der Waals surface area contributed by atoms with Crippen LogP contribution in [0.1, 0.15) is 19.4 Å². The highest BCUT2D eigenvalue weighted by molar-refractivity contribution is 5.85. The van der Waals surface area contributed by atoms with Crippen molar-refractivity contribution in [1.82, 2.24) is 19.4 Å². The molecule has 1 aliphatic heterocycles. The minimum Gasteiger partial charge on any atom is -0.381 e. The number of fused-ring (bicyclic) bond motifs is 1. The topological polar surface area (TPSA) is 80.3 Å². The lowest BCUT2D eigenvalue weighted by atomic mass is 10.1. The molecule has 0 radical (unpaired) electrons. The van der Waals surface area contributed by atoms with Crippen molar-refractivity contribution < 1.29 is 4.39 Å². The predicted molar refractivity (Wildman–Crippen MR) is 139 cm³/mol. The Balaban J connectivity index is 1.54. The Hall–Kier alpha value is -3.78. The Morgan fingerprint density at radius 1 is 0.971 bits per heavy atom. The standard InChI is InChI=1S/C27H29FN6O/c1-16-13-34(27(35)22-8-6-5-7-21(16)22)26-25(29)31-24(28)23(30-26)19-9-11-20(12-10-19)33-14-17(2)32(4)18(3)15-33/h5-13,17-18H,14-15H2,1-4H3,(H2,29,31)/t17-,18+. The Kier molecular flexibility index (Phi) is 5.76. The van der Waals surface area contributed by atoms with Gasteiger partial charge in [-0.3, -0.25) is 14.3 Å². The van der Waals surface area contributed by atoms with Gasteiger partial charge in [0.1, 0.15) is 5.69 Å². The predicted octanol–water partition coefficient (Wildman–Crippen LogP) is 4.01. The number of likely N-dealkylation sites (N-methyl/N-ethyl adjacent to an activating group) is 1. The van der Waals surface area contributed by atoms with Crippen molar-refractivity contribution in [2.24, 2.45) is 0 Å². The summed E-state index contributed by atoms with van der Waals surface area (Å²) in [6, 6.07) is 15.8. The molecule has 2 aromatic heterocycles. The molecule has 1 fully saturated rings. The molecule has 2 aromatic carbocycles. The van der Waals surface area contributed by atoms with Crippen LogP contribution < -0.4 is 16.2 Å². The monoisotopic (exact) mass is 472 g/mol. The third-order valence-electron chi connectivity index (χ3n) is 7.08. The number of nitrogen functional groups attached to an aromatic ring is 1. The molecule has 0 bridgehead atoms. The number of nitrogens with zero attached hydrogens (tertiary/aromatic N) is 5. The second-order valence-corrected chi connectivity index (χ2v) is 9.42. The molecule has 0 spiro atoms. The zero-order valence-corrected chi connectivity index (χ0v) is 20.4. The maximum Gasteiger partial charge on any atom is 0.264 e. The molecule has 180 valence electrons. The summed E-state index contributed by atoms with van der Waals surface area (Å²) >= 11 is 0. The van der Waals surface area contributed by atoms with E-state index in [1.54, 1.807) is 12.3 Å². The summed E-state index contributed by atoms with van der Waals surface area (Å²) in [6.45, 7) is 8.18. The summed E-state index contributed by atoms with van der Waals surface area (Å²) in [4.78, 5) is 26.3. The average molecular weight is 473 g/mol. The summed E-state index contributed by atoms with van der Waals surface area (Å²) in [5.74, 6) is -0.794. The lowest BCUT2D eigenvalue weighted by Crippen LogP contribution is -2.55. The average Bonchev–Trinajstić information content (AvgIpc) is 2.85. The van der Waals surface area contributed by atoms with E-state index in [4.69, 9.17) is 5.73 Å². The van der Waals surface area contributed by atoms with Crippen LogP contribution in [-0.2, 0) is 0 Å². The van der Waals surface area contributed by atoms with Gasteiger partial charge in [0.15, 0.2) is 11.6 Å². The highest BCUT2D eigenvalue weighted by atomic mass is 19.1. The van der Waals surface area contributed by atoms with E-state index in [2.05, 4.69) is 40.7 Å². The highest BCUT2D eigenvalue weighted by Crippen LogP contribution is 2.28. The van der Waals surface area contributed by atoms with Gasteiger partial charge in [-0.1, -0.05) is 30.3 Å². The highest BCUT2D eigenvalue weighted by Gasteiger charge is 2.26. The summed E-state index contributed by atoms with van der Waals surface area (Å²) in [5.41, 5.74) is 8.34. The van der Waals surface area contributed by atoms with E-state index in [1.165, 1.54) is 4.57 Å². The van der Waals surface area contributed by atoms with Crippen molar-refractivity contribution in [3.05, 3.63) is 76.6 Å². The van der Waals surface area contributed by atoms with Crippen LogP contribution in [0.3, 0.4) is 0 Å². The largest absolute Gasteiger partial charge is 0.381 e. The van der Waals surface area contributed by atoms with E-state index < -0.39 is 5.95 Å². The molecule has 0 amide bonds. The molecule has 0 saturated carbocycles. The number of rotatable bonds is 3. The second kappa shape index (κ2) is 8.78. The van der Waals surface area contributed by atoms with Gasteiger partial charge in [0.2, 0.25) is 5.95 Å². The molecule has 3 heterocycles. The Morgan fingerprint density at radius 2 is 1.60 bits per heavy atom. The number of aryl methyl sites for hydroxylation is 1. The zero-order chi connectivity index (χ0) is 24.9. The molecule has 0 unspecified atom stereocenters. The first-order chi connectivity index (χ1) is 16.7. The number of anilines is 2. The van der Waals surface area contributed by atoms with Crippen molar-refractivity contribution in [2.75, 3.05) is 30.8 Å². The van der Waals surface area contributed by atoms with Gasteiger partial charge in [0.05, 0.1) is 0 Å². The fraction of sp³-hybridized carbons (Fsp3) is 0.296. The Labute approximate surface area is 203 Å². The van der Waals surface area contributed by atoms with Crippen LogP contribution in [0.25, 0.3) is 27.8 Å². The van der Waals surface area contributed by atoms with E-state index >= 15 is 0 Å². The number of hydrogen-bond acceptors (Lipinski definition) is 6. The molecule has 1 aliphatic rings. The first-order valence-electron chi connectivity index (χ1n) is 11.8. The molecule has 2 N–H and O–H groups in total. The third kappa shape index (κ3) is 4.04. The van der Waals surface area contributed by atoms with E-state index in [1.807, 2.05) is 49.4 Å². The van der Waals surface area contributed by atoms with Crippen molar-refractivity contribution in [3.63, 3.8) is 0 Å². The van der Waals surface area contributed by atoms with Crippen molar-refractivity contribution in [2.45, 2.75) is 32.9 Å². The molecule has 8 heteroatoms. The van der Waals surface area contributed by atoms with Crippen LogP contribution in [-0.4, -0.2) is 51.7 Å². The maximum atomic E-state index is 14.9. The second-order valence-electron chi connectivity index (χ2n) is 9.42. The number of piperazine rings is 1. The summed E-state index contributed by atoms with van der Waals surface area (Å²) < 4.78 is 16.3. The smallest absolute Gasteiger partial charge is 0.264 e. The number of hydrogen-bond donors (Lipinski definition) is 1. The van der Waals surface area contributed by atoms with Crippen LogP contribution in [0.5, 0.6) is 0 Å². The zero-order valence-electron chi connectivity index (χ0n) is 20.4. The number of benzene rings is 2. The normalized spacial score (nSPS) is 18.8. The number of aromatic nitrogens is 3. The van der Waals surface area contributed by atoms with E-state index in [0.29, 0.717) is 23.0 Å². The van der Waals surface area contributed by atoms with Gasteiger partial charge in [0.25, 0.3) is 5.56 Å². The van der Waals surface area contributed by atoms with Gasteiger partial charge in [-0.25, -0.2) is 4.98 Å². The van der Waals surface area contributed by atoms with E-state index in [-0.39, 0.29) is 22.9 Å². The number of halogens is 1. The molecule has 4 aromatic rings. The third-order valence-corrected chi connectivity index (χ3v) is 7.08. The first-order valence-corrected chi connectivity index (χ1v) is 11.8. The van der Waals surface area contributed by atoms with Crippen molar-refractivity contribution in [1.29, 1.82) is 0 Å². The van der Waals surface area contributed by atoms with Crippen LogP contribution in [0, 0.1) is 12.9 Å². The minimum absolute atomic E-state index is 0.0542. The molecular formula is C27H29FN6O. The molecule has 2 atom stereocenters. The Morgan fingerprint density at radius 3 is 2.26 bits per heavy atom. The van der Waals surface area contributed by atoms with Gasteiger partial charge < -0.3 is 10.6 Å². The Bertz CT molecular complexity index is 1450. The fourth-order valence-corrected chi connectivity index (χ4v) is 4.85. The quantitative estimate of drug-likeness (QED) is 0.485. The fourth-order valence-electron chi connectivity index (χ4n) is 4.85. The van der Waals surface area contributed by atoms with Crippen molar-refractivity contribution >= 4 is 22.3 Å². The van der Waals surface area contributed by atoms with Gasteiger partial charge in [-0.05, 0) is 57.0 Å². The van der Waals surface area contributed by atoms with Crippen LogP contribution in [0.2, 0.25) is 0 Å². The van der Waals surface area contributed by atoms with Crippen LogP contribution in [0.4, 0.5) is 15.9 Å².